The number of sulfonamides is 1. The molecule has 2 rings (SSSR count). The third-order valence-electron chi connectivity index (χ3n) is 3.67. The Labute approximate surface area is 136 Å². The van der Waals surface area contributed by atoms with E-state index in [-0.39, 0.29) is 4.90 Å². The van der Waals surface area contributed by atoms with Gasteiger partial charge in [0.2, 0.25) is 10.0 Å². The number of nitrogens with one attached hydrogen (secondary N) is 1. The third kappa shape index (κ3) is 3.92. The van der Waals surface area contributed by atoms with Gasteiger partial charge in [0.05, 0.1) is 7.11 Å². The number of nitrogens with zero attached hydrogens (tertiary/aromatic N) is 1. The van der Waals surface area contributed by atoms with Crippen LogP contribution in [-0.4, -0.2) is 27.2 Å². The van der Waals surface area contributed by atoms with E-state index < -0.39 is 10.0 Å². The molecule has 0 aliphatic rings. The molecule has 0 atom stereocenters. The first-order valence-electron chi connectivity index (χ1n) is 7.47. The Balaban J connectivity index is 2.05. The number of hydrogen-bond donors (Lipinski definition) is 1. The van der Waals surface area contributed by atoms with Crippen molar-refractivity contribution < 1.29 is 17.7 Å². The fraction of sp³-hybridized carbons (Fsp3) is 0.438. The minimum Gasteiger partial charge on any atom is -0.496 e. The summed E-state index contributed by atoms with van der Waals surface area (Å²) in [6.07, 6.45) is 1.46. The molecule has 0 fully saturated rings. The van der Waals surface area contributed by atoms with Gasteiger partial charge in [0.15, 0.2) is 5.76 Å². The number of methoxy groups -OCH3 is 1. The summed E-state index contributed by atoms with van der Waals surface area (Å²) in [5, 5.41) is 3.68. The molecule has 0 aliphatic heterocycles. The number of aromatic nitrogens is 1. The lowest BCUT2D eigenvalue weighted by Gasteiger charge is -2.10. The lowest BCUT2D eigenvalue weighted by molar-refractivity contribution is 0.390. The monoisotopic (exact) mass is 338 g/mol. The Morgan fingerprint density at radius 3 is 2.61 bits per heavy atom. The summed E-state index contributed by atoms with van der Waals surface area (Å²) in [6, 6.07) is 5.90. The SMILES string of the molecule is CCc1cc(CCNS(=O)(=O)c2c(C)noc2C)ccc1OC. The van der Waals surface area contributed by atoms with Crippen molar-refractivity contribution >= 4 is 10.0 Å². The maximum absolute atomic E-state index is 12.3. The van der Waals surface area contributed by atoms with Crippen LogP contribution >= 0.6 is 0 Å². The average Bonchev–Trinajstić information content (AvgIpc) is 2.86. The Bertz CT molecular complexity index is 762. The van der Waals surface area contributed by atoms with Gasteiger partial charge in [0.1, 0.15) is 16.3 Å². The van der Waals surface area contributed by atoms with Crippen molar-refractivity contribution in [3.05, 3.63) is 40.8 Å². The molecular formula is C16H22N2O4S. The molecule has 0 radical (unpaired) electrons. The number of ether oxygens (including phenoxy) is 1. The summed E-state index contributed by atoms with van der Waals surface area (Å²) in [7, 11) is -1.96. The van der Waals surface area contributed by atoms with E-state index in [1.165, 1.54) is 0 Å². The molecule has 1 heterocycles. The molecule has 0 saturated carbocycles. The fourth-order valence-corrected chi connectivity index (χ4v) is 3.88. The van der Waals surface area contributed by atoms with Crippen LogP contribution in [-0.2, 0) is 22.9 Å². The molecule has 0 spiro atoms. The van der Waals surface area contributed by atoms with Crippen LogP contribution in [0.3, 0.4) is 0 Å². The number of benzene rings is 1. The molecule has 23 heavy (non-hydrogen) atoms. The van der Waals surface area contributed by atoms with E-state index in [4.69, 9.17) is 9.26 Å². The molecule has 1 aromatic heterocycles. The molecule has 0 bridgehead atoms. The minimum absolute atomic E-state index is 0.126. The Hall–Kier alpha value is -1.86. The highest BCUT2D eigenvalue weighted by molar-refractivity contribution is 7.89. The second-order valence-corrected chi connectivity index (χ2v) is 7.00. The Morgan fingerprint density at radius 2 is 2.04 bits per heavy atom. The quantitative estimate of drug-likeness (QED) is 0.838. The van der Waals surface area contributed by atoms with Gasteiger partial charge in [-0.25, -0.2) is 13.1 Å². The van der Waals surface area contributed by atoms with E-state index >= 15 is 0 Å². The van der Waals surface area contributed by atoms with Gasteiger partial charge in [-0.1, -0.05) is 24.2 Å². The van der Waals surface area contributed by atoms with Gasteiger partial charge < -0.3 is 9.26 Å². The number of rotatable bonds is 7. The molecule has 2 aromatic rings. The van der Waals surface area contributed by atoms with Gasteiger partial charge in [0, 0.05) is 6.54 Å². The summed E-state index contributed by atoms with van der Waals surface area (Å²) in [5.74, 6) is 1.15. The van der Waals surface area contributed by atoms with Crippen LogP contribution in [0.1, 0.15) is 29.5 Å². The predicted octanol–water partition coefficient (Wildman–Crippen LogP) is 2.38. The molecule has 6 nitrogen and oxygen atoms in total. The third-order valence-corrected chi connectivity index (χ3v) is 5.37. The highest BCUT2D eigenvalue weighted by Gasteiger charge is 2.23. The second-order valence-electron chi connectivity index (χ2n) is 5.30. The molecule has 126 valence electrons. The van der Waals surface area contributed by atoms with Crippen LogP contribution < -0.4 is 9.46 Å². The zero-order valence-electron chi connectivity index (χ0n) is 13.8. The summed E-state index contributed by atoms with van der Waals surface area (Å²) < 4.78 is 37.4. The van der Waals surface area contributed by atoms with Gasteiger partial charge in [-0.15, -0.1) is 0 Å². The van der Waals surface area contributed by atoms with Crippen molar-refractivity contribution in [2.75, 3.05) is 13.7 Å². The predicted molar refractivity (Wildman–Crippen MR) is 87.2 cm³/mol. The van der Waals surface area contributed by atoms with Crippen LogP contribution in [0.15, 0.2) is 27.6 Å². The first-order valence-corrected chi connectivity index (χ1v) is 8.95. The van der Waals surface area contributed by atoms with Gasteiger partial charge in [0.25, 0.3) is 0 Å². The van der Waals surface area contributed by atoms with Crippen molar-refractivity contribution in [1.29, 1.82) is 0 Å². The molecular weight excluding hydrogens is 316 g/mol. The van der Waals surface area contributed by atoms with E-state index in [1.807, 2.05) is 18.2 Å². The number of hydrogen-bond acceptors (Lipinski definition) is 5. The zero-order chi connectivity index (χ0) is 17.0. The standard InChI is InChI=1S/C16H22N2O4S/c1-5-14-10-13(6-7-15(14)21-4)8-9-17-23(19,20)16-11(2)18-22-12(16)3/h6-7,10,17H,5,8-9H2,1-4H3. The van der Waals surface area contributed by atoms with Crippen LogP contribution in [0.4, 0.5) is 0 Å². The lowest BCUT2D eigenvalue weighted by Crippen LogP contribution is -2.26. The van der Waals surface area contributed by atoms with Crippen molar-refractivity contribution in [1.82, 2.24) is 9.88 Å². The first kappa shape index (κ1) is 17.5. The van der Waals surface area contributed by atoms with Gasteiger partial charge in [-0.3, -0.25) is 0 Å². The fourth-order valence-electron chi connectivity index (χ4n) is 2.52. The largest absolute Gasteiger partial charge is 0.496 e. The zero-order valence-corrected chi connectivity index (χ0v) is 14.7. The average molecular weight is 338 g/mol. The van der Waals surface area contributed by atoms with Crippen molar-refractivity contribution in [2.45, 2.75) is 38.5 Å². The van der Waals surface area contributed by atoms with Crippen LogP contribution in [0.2, 0.25) is 0 Å². The van der Waals surface area contributed by atoms with E-state index in [2.05, 4.69) is 16.8 Å². The van der Waals surface area contributed by atoms with E-state index in [9.17, 15) is 8.42 Å². The van der Waals surface area contributed by atoms with Crippen molar-refractivity contribution in [2.24, 2.45) is 0 Å². The maximum Gasteiger partial charge on any atom is 0.245 e. The normalized spacial score (nSPS) is 11.7. The van der Waals surface area contributed by atoms with Crippen LogP contribution in [0, 0.1) is 13.8 Å². The van der Waals surface area contributed by atoms with E-state index in [0.29, 0.717) is 24.4 Å². The molecule has 7 heteroatoms. The minimum atomic E-state index is -3.61. The molecule has 0 aliphatic carbocycles. The first-order chi connectivity index (χ1) is 10.9. The molecule has 1 N–H and O–H groups in total. The van der Waals surface area contributed by atoms with Crippen molar-refractivity contribution in [3.63, 3.8) is 0 Å². The van der Waals surface area contributed by atoms with Gasteiger partial charge >= 0.3 is 0 Å². The second kappa shape index (κ2) is 7.14. The van der Waals surface area contributed by atoms with E-state index in [0.717, 1.165) is 23.3 Å². The summed E-state index contributed by atoms with van der Waals surface area (Å²) >= 11 is 0. The van der Waals surface area contributed by atoms with Gasteiger partial charge in [-0.2, -0.15) is 0 Å². The summed E-state index contributed by atoms with van der Waals surface area (Å²) in [4.78, 5) is 0.126. The highest BCUT2D eigenvalue weighted by atomic mass is 32.2. The number of aryl methyl sites for hydroxylation is 3. The van der Waals surface area contributed by atoms with E-state index in [1.54, 1.807) is 21.0 Å². The Kier molecular flexibility index (Phi) is 5.43. The lowest BCUT2D eigenvalue weighted by atomic mass is 10.1. The molecule has 0 unspecified atom stereocenters. The van der Waals surface area contributed by atoms with Crippen LogP contribution in [0.25, 0.3) is 0 Å². The Morgan fingerprint density at radius 1 is 1.30 bits per heavy atom. The van der Waals surface area contributed by atoms with Crippen LogP contribution in [0.5, 0.6) is 5.75 Å². The summed E-state index contributed by atoms with van der Waals surface area (Å²) in [6.45, 7) is 5.57. The molecule has 1 aromatic carbocycles. The highest BCUT2D eigenvalue weighted by Crippen LogP contribution is 2.21. The molecule has 0 amide bonds. The maximum atomic E-state index is 12.3. The topological polar surface area (TPSA) is 81.4 Å². The molecule has 0 saturated heterocycles. The van der Waals surface area contributed by atoms with Gasteiger partial charge in [-0.05, 0) is 43.9 Å². The van der Waals surface area contributed by atoms with Crippen molar-refractivity contribution in [3.8, 4) is 5.75 Å². The summed E-state index contributed by atoms with van der Waals surface area (Å²) in [5.41, 5.74) is 2.54. The smallest absolute Gasteiger partial charge is 0.245 e.